The molecule has 0 atom stereocenters. The molecule has 0 aromatic carbocycles. The standard InChI is InChI=1S/4CH2O2.Zr/c4*2-1-3;/h4*1H,(H,2,3);/q;;;;+4/p-4. The van der Waals surface area contributed by atoms with Gasteiger partial charge in [-0.3, -0.25) is 0 Å². The monoisotopic (exact) mass is 270 g/mol. The fourth-order valence-electron chi connectivity index (χ4n) is 0. The van der Waals surface area contributed by atoms with Crippen molar-refractivity contribution in [3.8, 4) is 0 Å². The van der Waals surface area contributed by atoms with Crippen LogP contribution in [0.3, 0.4) is 0 Å². The minimum Gasteiger partial charge on any atom is -0.554 e. The quantitative estimate of drug-likeness (QED) is 0.393. The van der Waals surface area contributed by atoms with Crippen LogP contribution in [0.15, 0.2) is 0 Å². The number of hydrogen-bond acceptors (Lipinski definition) is 8. The van der Waals surface area contributed by atoms with Crippen molar-refractivity contribution in [2.45, 2.75) is 0 Å². The van der Waals surface area contributed by atoms with E-state index in [1.807, 2.05) is 0 Å². The molecule has 0 aliphatic rings. The average Bonchev–Trinajstić information content (AvgIpc) is 1.92. The summed E-state index contributed by atoms with van der Waals surface area (Å²) in [7, 11) is 0. The van der Waals surface area contributed by atoms with Crippen molar-refractivity contribution in [1.29, 1.82) is 0 Å². The molecule has 0 radical (unpaired) electrons. The summed E-state index contributed by atoms with van der Waals surface area (Å²) in [5.74, 6) is 0. The predicted octanol–water partition coefficient (Wildman–Crippen LogP) is -6.54. The Kier molecular flexibility index (Phi) is 308. The Morgan fingerprint density at radius 1 is 0.538 bits per heavy atom. The minimum atomic E-state index is -0.500. The molecule has 0 bridgehead atoms. The van der Waals surface area contributed by atoms with Crippen molar-refractivity contribution in [3.63, 3.8) is 0 Å². The molecule has 0 spiro atoms. The third-order valence-electron chi connectivity index (χ3n) is 0. The Hall–Kier alpha value is -1.24. The zero-order valence-electron chi connectivity index (χ0n) is 6.08. The van der Waals surface area contributed by atoms with Gasteiger partial charge in [-0.1, -0.05) is 0 Å². The molecule has 13 heavy (non-hydrogen) atoms. The molecule has 0 aromatic rings. The van der Waals surface area contributed by atoms with E-state index in [4.69, 9.17) is 39.6 Å². The van der Waals surface area contributed by atoms with Gasteiger partial charge in [0.2, 0.25) is 0 Å². The van der Waals surface area contributed by atoms with Crippen LogP contribution in [0.1, 0.15) is 0 Å². The fourth-order valence-corrected chi connectivity index (χ4v) is 0. The molecule has 0 amide bonds. The second-order valence-electron chi connectivity index (χ2n) is 0.385. The van der Waals surface area contributed by atoms with Crippen LogP contribution in [-0.4, -0.2) is 25.9 Å². The Morgan fingerprint density at radius 2 is 0.538 bits per heavy atom. The SMILES string of the molecule is O=C[O-].O=C[O-].O=C[O-].O=C[O-].[Zr+4]. The Morgan fingerprint density at radius 3 is 0.538 bits per heavy atom. The van der Waals surface area contributed by atoms with Crippen LogP contribution in [0.5, 0.6) is 0 Å². The van der Waals surface area contributed by atoms with E-state index in [1.54, 1.807) is 0 Å². The van der Waals surface area contributed by atoms with Gasteiger partial charge in [-0.05, 0) is 0 Å². The van der Waals surface area contributed by atoms with Crippen molar-refractivity contribution < 1.29 is 65.8 Å². The van der Waals surface area contributed by atoms with Crippen molar-refractivity contribution in [2.24, 2.45) is 0 Å². The smallest absolute Gasteiger partial charge is 0.554 e. The molecule has 0 saturated carbocycles. The van der Waals surface area contributed by atoms with E-state index in [1.165, 1.54) is 0 Å². The molecular formula is C4H4O8Zr. The summed E-state index contributed by atoms with van der Waals surface area (Å²) >= 11 is 0. The summed E-state index contributed by atoms with van der Waals surface area (Å²) < 4.78 is 0. The Bertz CT molecular complexity index is 70.1. The van der Waals surface area contributed by atoms with Gasteiger partial charge >= 0.3 is 26.2 Å². The van der Waals surface area contributed by atoms with Gasteiger partial charge in [0.1, 0.15) is 0 Å². The molecule has 0 fully saturated rings. The number of carbonyl (C=O) groups is 4. The molecule has 0 N–H and O–H groups in total. The topological polar surface area (TPSA) is 161 Å². The van der Waals surface area contributed by atoms with Crippen LogP contribution < -0.4 is 20.4 Å². The van der Waals surface area contributed by atoms with E-state index >= 15 is 0 Å². The van der Waals surface area contributed by atoms with E-state index in [9.17, 15) is 0 Å². The molecule has 0 aromatic heterocycles. The maximum Gasteiger partial charge on any atom is 4.00 e. The third-order valence-corrected chi connectivity index (χ3v) is 0. The van der Waals surface area contributed by atoms with Gasteiger partial charge in [0.05, 0.1) is 0 Å². The number of carbonyl (C=O) groups excluding carboxylic acids is 4. The van der Waals surface area contributed by atoms with Crippen LogP contribution in [0.25, 0.3) is 0 Å². The zero-order chi connectivity index (χ0) is 10.8. The maximum absolute atomic E-state index is 8.25. The van der Waals surface area contributed by atoms with Crippen LogP contribution in [-0.2, 0) is 45.4 Å². The fraction of sp³-hybridized carbons (Fsp3) is 0. The molecule has 0 saturated heterocycles. The van der Waals surface area contributed by atoms with E-state index in [2.05, 4.69) is 0 Å². The molecule has 0 unspecified atom stereocenters. The second kappa shape index (κ2) is 134. The van der Waals surface area contributed by atoms with E-state index in [-0.39, 0.29) is 26.2 Å². The molecule has 0 heterocycles. The number of carboxylic acid groups (broad SMARTS) is 4. The zero-order valence-corrected chi connectivity index (χ0v) is 8.53. The van der Waals surface area contributed by atoms with Crippen LogP contribution in [0.2, 0.25) is 0 Å². The molecule has 0 rings (SSSR count). The average molecular weight is 271 g/mol. The first-order chi connectivity index (χ1) is 5.66. The summed E-state index contributed by atoms with van der Waals surface area (Å²) in [5.41, 5.74) is 0. The van der Waals surface area contributed by atoms with Crippen LogP contribution >= 0.6 is 0 Å². The van der Waals surface area contributed by atoms with Crippen LogP contribution in [0.4, 0.5) is 0 Å². The molecule has 0 aliphatic heterocycles. The number of rotatable bonds is 0. The van der Waals surface area contributed by atoms with Gasteiger partial charge in [-0.15, -0.1) is 0 Å². The van der Waals surface area contributed by atoms with Gasteiger partial charge in [0.15, 0.2) is 0 Å². The summed E-state index contributed by atoms with van der Waals surface area (Å²) in [4.78, 5) is 33.0. The summed E-state index contributed by atoms with van der Waals surface area (Å²) in [6, 6.07) is 0. The summed E-state index contributed by atoms with van der Waals surface area (Å²) in [6.07, 6.45) is 0. The third kappa shape index (κ3) is 540. The predicted molar refractivity (Wildman–Crippen MR) is 24.3 cm³/mol. The van der Waals surface area contributed by atoms with Crippen molar-refractivity contribution in [2.75, 3.05) is 0 Å². The first-order valence-electron chi connectivity index (χ1n) is 1.89. The number of hydrogen-bond donors (Lipinski definition) is 0. The van der Waals surface area contributed by atoms with Crippen molar-refractivity contribution in [3.05, 3.63) is 0 Å². The molecule has 8 nitrogen and oxygen atoms in total. The van der Waals surface area contributed by atoms with E-state index < -0.39 is 25.9 Å². The van der Waals surface area contributed by atoms with Gasteiger partial charge in [0, 0.05) is 25.9 Å². The molecular weight excluding hydrogens is 267 g/mol. The van der Waals surface area contributed by atoms with Crippen molar-refractivity contribution >= 4 is 25.9 Å². The van der Waals surface area contributed by atoms with Crippen molar-refractivity contribution in [1.82, 2.24) is 0 Å². The second-order valence-corrected chi connectivity index (χ2v) is 0.385. The summed E-state index contributed by atoms with van der Waals surface area (Å²) in [5, 5.41) is 33.0. The van der Waals surface area contributed by atoms with E-state index in [0.29, 0.717) is 0 Å². The Labute approximate surface area is 91.9 Å². The minimum absolute atomic E-state index is 0. The summed E-state index contributed by atoms with van der Waals surface area (Å²) in [6.45, 7) is -2.00. The van der Waals surface area contributed by atoms with Gasteiger partial charge in [-0.25, -0.2) is 0 Å². The first kappa shape index (κ1) is 29.8. The largest absolute Gasteiger partial charge is 4.00 e. The van der Waals surface area contributed by atoms with E-state index in [0.717, 1.165) is 0 Å². The molecule has 72 valence electrons. The molecule has 9 heteroatoms. The van der Waals surface area contributed by atoms with Gasteiger partial charge < -0.3 is 39.6 Å². The van der Waals surface area contributed by atoms with Gasteiger partial charge in [0.25, 0.3) is 0 Å². The van der Waals surface area contributed by atoms with Gasteiger partial charge in [-0.2, -0.15) is 0 Å². The normalized spacial score (nSPS) is 3.69. The Balaban J connectivity index is -0.0000000213. The van der Waals surface area contributed by atoms with Crippen LogP contribution in [0, 0.1) is 0 Å². The molecule has 0 aliphatic carbocycles. The first-order valence-corrected chi connectivity index (χ1v) is 1.89. The maximum atomic E-state index is 8.25.